The van der Waals surface area contributed by atoms with E-state index in [-0.39, 0.29) is 5.69 Å². The fourth-order valence-corrected chi connectivity index (χ4v) is 2.80. The number of pyridine rings is 1. The van der Waals surface area contributed by atoms with Crippen LogP contribution in [0.15, 0.2) is 12.1 Å². The van der Waals surface area contributed by atoms with E-state index in [9.17, 15) is 4.79 Å². The third-order valence-corrected chi connectivity index (χ3v) is 3.99. The van der Waals surface area contributed by atoms with Gasteiger partial charge >= 0.3 is 5.97 Å². The average Bonchev–Trinajstić information content (AvgIpc) is 2.34. The van der Waals surface area contributed by atoms with Gasteiger partial charge in [-0.25, -0.2) is 9.78 Å². The first kappa shape index (κ1) is 13.6. The summed E-state index contributed by atoms with van der Waals surface area (Å²) >= 11 is 0. The second-order valence-corrected chi connectivity index (χ2v) is 5.63. The molecule has 0 bridgehead atoms. The van der Waals surface area contributed by atoms with Crippen LogP contribution in [0, 0.1) is 11.8 Å². The number of rotatable bonds is 2. The SMILES string of the molecule is CC1CC(C)C(C)N(c2nc(C(=O)O)ccc2N)C1. The lowest BCUT2D eigenvalue weighted by Gasteiger charge is -2.42. The maximum atomic E-state index is 11.0. The summed E-state index contributed by atoms with van der Waals surface area (Å²) in [5, 5.41) is 9.05. The molecule has 0 amide bonds. The molecule has 5 nitrogen and oxygen atoms in total. The highest BCUT2D eigenvalue weighted by Crippen LogP contribution is 2.33. The molecular weight excluding hydrogens is 242 g/mol. The van der Waals surface area contributed by atoms with Gasteiger partial charge in [0.15, 0.2) is 11.5 Å². The summed E-state index contributed by atoms with van der Waals surface area (Å²) < 4.78 is 0. The van der Waals surface area contributed by atoms with Gasteiger partial charge in [0.05, 0.1) is 5.69 Å². The summed E-state index contributed by atoms with van der Waals surface area (Å²) in [5.41, 5.74) is 6.56. The van der Waals surface area contributed by atoms with Gasteiger partial charge in [0.2, 0.25) is 0 Å². The molecule has 1 aliphatic heterocycles. The van der Waals surface area contributed by atoms with Gasteiger partial charge in [-0.3, -0.25) is 0 Å². The molecule has 5 heteroatoms. The van der Waals surface area contributed by atoms with E-state index in [2.05, 4.69) is 30.7 Å². The molecule has 0 saturated carbocycles. The summed E-state index contributed by atoms with van der Waals surface area (Å²) in [5.74, 6) is 0.678. The summed E-state index contributed by atoms with van der Waals surface area (Å²) in [4.78, 5) is 17.4. The van der Waals surface area contributed by atoms with Crippen LogP contribution in [0.3, 0.4) is 0 Å². The first-order valence-electron chi connectivity index (χ1n) is 6.66. The Kier molecular flexibility index (Phi) is 3.64. The van der Waals surface area contributed by atoms with E-state index in [1.807, 2.05) is 0 Å². The number of carboxylic acid groups (broad SMARTS) is 1. The fourth-order valence-electron chi connectivity index (χ4n) is 2.80. The quantitative estimate of drug-likeness (QED) is 0.855. The number of carboxylic acids is 1. The number of carbonyl (C=O) groups is 1. The zero-order chi connectivity index (χ0) is 14.2. The van der Waals surface area contributed by atoms with Gasteiger partial charge in [0.1, 0.15) is 0 Å². The highest BCUT2D eigenvalue weighted by atomic mass is 16.4. The van der Waals surface area contributed by atoms with Crippen LogP contribution in [0.4, 0.5) is 11.5 Å². The number of hydrogen-bond donors (Lipinski definition) is 2. The lowest BCUT2D eigenvalue weighted by molar-refractivity contribution is 0.0690. The van der Waals surface area contributed by atoms with Crippen LogP contribution in [-0.2, 0) is 0 Å². The molecule has 2 rings (SSSR count). The van der Waals surface area contributed by atoms with Crippen LogP contribution in [0.2, 0.25) is 0 Å². The zero-order valence-electron chi connectivity index (χ0n) is 11.6. The minimum absolute atomic E-state index is 0.0438. The molecular formula is C14H21N3O2. The highest BCUT2D eigenvalue weighted by Gasteiger charge is 2.30. The summed E-state index contributed by atoms with van der Waals surface area (Å²) in [6, 6.07) is 3.39. The maximum Gasteiger partial charge on any atom is 0.354 e. The highest BCUT2D eigenvalue weighted by molar-refractivity contribution is 5.87. The molecule has 0 radical (unpaired) electrons. The molecule has 1 aliphatic rings. The molecule has 3 N–H and O–H groups in total. The van der Waals surface area contributed by atoms with Gasteiger partial charge in [-0.2, -0.15) is 0 Å². The third-order valence-electron chi connectivity index (χ3n) is 3.99. The third kappa shape index (κ3) is 2.64. The van der Waals surface area contributed by atoms with Crippen LogP contribution in [0.25, 0.3) is 0 Å². The first-order valence-corrected chi connectivity index (χ1v) is 6.66. The molecule has 1 fully saturated rings. The Hall–Kier alpha value is -1.78. The minimum atomic E-state index is -1.02. The van der Waals surface area contributed by atoms with Gasteiger partial charge in [-0.05, 0) is 37.3 Å². The number of nitrogens with zero attached hydrogens (tertiary/aromatic N) is 2. The van der Waals surface area contributed by atoms with Crippen LogP contribution < -0.4 is 10.6 Å². The number of hydrogen-bond acceptors (Lipinski definition) is 4. The molecule has 0 aliphatic carbocycles. The van der Waals surface area contributed by atoms with Crippen molar-refractivity contribution in [2.45, 2.75) is 33.2 Å². The zero-order valence-corrected chi connectivity index (χ0v) is 11.6. The molecule has 3 atom stereocenters. The summed E-state index contributed by atoms with van der Waals surface area (Å²) in [7, 11) is 0. The number of aromatic nitrogens is 1. The standard InChI is InChI=1S/C14H21N3O2/c1-8-6-9(2)10(3)17(7-8)13-11(15)4-5-12(16-13)14(18)19/h4-5,8-10H,6-7,15H2,1-3H3,(H,18,19). The molecule has 1 saturated heterocycles. The van der Waals surface area contributed by atoms with Crippen molar-refractivity contribution < 1.29 is 9.90 Å². The van der Waals surface area contributed by atoms with Crippen molar-refractivity contribution in [3.8, 4) is 0 Å². The Balaban J connectivity index is 2.39. The van der Waals surface area contributed by atoms with Crippen molar-refractivity contribution in [1.82, 2.24) is 4.98 Å². The maximum absolute atomic E-state index is 11.0. The van der Waals surface area contributed by atoms with Gasteiger partial charge < -0.3 is 15.7 Å². The van der Waals surface area contributed by atoms with E-state index < -0.39 is 5.97 Å². The molecule has 104 valence electrons. The van der Waals surface area contributed by atoms with E-state index in [1.54, 1.807) is 6.07 Å². The van der Waals surface area contributed by atoms with Gasteiger partial charge in [-0.1, -0.05) is 13.8 Å². The Morgan fingerprint density at radius 3 is 2.74 bits per heavy atom. The molecule has 1 aromatic heterocycles. The van der Waals surface area contributed by atoms with Crippen LogP contribution in [0.1, 0.15) is 37.7 Å². The molecule has 19 heavy (non-hydrogen) atoms. The number of nitrogens with two attached hydrogens (primary N) is 1. The van der Waals surface area contributed by atoms with Crippen molar-refractivity contribution in [2.75, 3.05) is 17.2 Å². The summed E-state index contributed by atoms with van der Waals surface area (Å²) in [6.45, 7) is 7.42. The largest absolute Gasteiger partial charge is 0.477 e. The Labute approximate surface area is 113 Å². The smallest absolute Gasteiger partial charge is 0.354 e. The summed E-state index contributed by atoms with van der Waals surface area (Å²) in [6.07, 6.45) is 1.18. The van der Waals surface area contributed by atoms with Crippen molar-refractivity contribution in [3.63, 3.8) is 0 Å². The molecule has 1 aromatic rings. The normalized spacial score (nSPS) is 27.3. The lowest BCUT2D eigenvalue weighted by atomic mass is 9.86. The molecule has 3 unspecified atom stereocenters. The molecule has 0 aromatic carbocycles. The lowest BCUT2D eigenvalue weighted by Crippen LogP contribution is -2.46. The Morgan fingerprint density at radius 2 is 2.11 bits per heavy atom. The van der Waals surface area contributed by atoms with E-state index in [1.165, 1.54) is 12.5 Å². The van der Waals surface area contributed by atoms with E-state index >= 15 is 0 Å². The van der Waals surface area contributed by atoms with Gasteiger partial charge in [-0.15, -0.1) is 0 Å². The Morgan fingerprint density at radius 1 is 1.42 bits per heavy atom. The molecule has 2 heterocycles. The van der Waals surface area contributed by atoms with E-state index in [0.29, 0.717) is 29.4 Å². The van der Waals surface area contributed by atoms with Crippen molar-refractivity contribution in [1.29, 1.82) is 0 Å². The monoisotopic (exact) mass is 263 g/mol. The second-order valence-electron chi connectivity index (χ2n) is 5.63. The van der Waals surface area contributed by atoms with Crippen molar-refractivity contribution in [3.05, 3.63) is 17.8 Å². The number of piperidine rings is 1. The fraction of sp³-hybridized carbons (Fsp3) is 0.571. The van der Waals surface area contributed by atoms with E-state index in [4.69, 9.17) is 10.8 Å². The predicted molar refractivity (Wildman–Crippen MR) is 75.4 cm³/mol. The molecule has 0 spiro atoms. The number of anilines is 2. The first-order chi connectivity index (χ1) is 8.90. The van der Waals surface area contributed by atoms with Crippen LogP contribution in [-0.4, -0.2) is 28.6 Å². The topological polar surface area (TPSA) is 79.5 Å². The van der Waals surface area contributed by atoms with Gasteiger partial charge in [0.25, 0.3) is 0 Å². The predicted octanol–water partition coefficient (Wildman–Crippen LogP) is 2.23. The van der Waals surface area contributed by atoms with Gasteiger partial charge in [0, 0.05) is 12.6 Å². The van der Waals surface area contributed by atoms with Crippen LogP contribution >= 0.6 is 0 Å². The van der Waals surface area contributed by atoms with Crippen LogP contribution in [0.5, 0.6) is 0 Å². The second kappa shape index (κ2) is 5.07. The van der Waals surface area contributed by atoms with E-state index in [0.717, 1.165) is 6.54 Å². The average molecular weight is 263 g/mol. The minimum Gasteiger partial charge on any atom is -0.477 e. The Bertz CT molecular complexity index is 490. The van der Waals surface area contributed by atoms with Crippen molar-refractivity contribution >= 4 is 17.5 Å². The van der Waals surface area contributed by atoms with Crippen molar-refractivity contribution in [2.24, 2.45) is 11.8 Å². The number of aromatic carboxylic acids is 1. The number of nitrogen functional groups attached to an aromatic ring is 1.